The Hall–Kier alpha value is -1.82. The number of benzene rings is 1. The van der Waals surface area contributed by atoms with Gasteiger partial charge in [0.25, 0.3) is 0 Å². The molecule has 1 aromatic heterocycles. The quantitative estimate of drug-likeness (QED) is 0.779. The maximum absolute atomic E-state index is 12.3. The van der Waals surface area contributed by atoms with Gasteiger partial charge < -0.3 is 9.88 Å². The maximum Gasteiger partial charge on any atom is 0.230 e. The Balaban J connectivity index is 2.00. The second-order valence-electron chi connectivity index (χ2n) is 6.62. The van der Waals surface area contributed by atoms with Gasteiger partial charge in [0.15, 0.2) is 5.16 Å². The van der Waals surface area contributed by atoms with E-state index in [9.17, 15) is 4.79 Å². The zero-order chi connectivity index (χ0) is 17.7. The van der Waals surface area contributed by atoms with Gasteiger partial charge in [-0.1, -0.05) is 63.7 Å². The molecule has 1 atom stereocenters. The first kappa shape index (κ1) is 18.5. The van der Waals surface area contributed by atoms with Crippen LogP contribution in [-0.2, 0) is 11.8 Å². The molecule has 0 saturated carbocycles. The van der Waals surface area contributed by atoms with Crippen LogP contribution in [0.2, 0.25) is 0 Å². The second kappa shape index (κ2) is 8.33. The summed E-state index contributed by atoms with van der Waals surface area (Å²) in [6.45, 7) is 8.61. The number of thioether (sulfide) groups is 1. The lowest BCUT2D eigenvalue weighted by Gasteiger charge is -2.23. The van der Waals surface area contributed by atoms with Crippen molar-refractivity contribution in [2.75, 3.05) is 5.75 Å². The van der Waals surface area contributed by atoms with E-state index in [1.165, 1.54) is 17.3 Å². The van der Waals surface area contributed by atoms with Crippen LogP contribution in [0.15, 0.2) is 35.7 Å². The zero-order valence-corrected chi connectivity index (χ0v) is 15.8. The van der Waals surface area contributed by atoms with Crippen LogP contribution < -0.4 is 5.32 Å². The number of nitrogens with one attached hydrogen (secondary N) is 1. The molecule has 0 unspecified atom stereocenters. The van der Waals surface area contributed by atoms with Crippen LogP contribution in [0, 0.1) is 5.92 Å². The molecule has 6 heteroatoms. The van der Waals surface area contributed by atoms with Crippen molar-refractivity contribution < 1.29 is 4.79 Å². The number of nitrogens with zero attached hydrogens (tertiary/aromatic N) is 3. The van der Waals surface area contributed by atoms with Gasteiger partial charge in [0.05, 0.1) is 11.8 Å². The molecule has 2 rings (SSSR count). The average molecular weight is 347 g/mol. The number of hydrogen-bond acceptors (Lipinski definition) is 4. The molecule has 0 radical (unpaired) electrons. The summed E-state index contributed by atoms with van der Waals surface area (Å²) in [5.41, 5.74) is 2.46. The predicted molar refractivity (Wildman–Crippen MR) is 98.0 cm³/mol. The molecular weight excluding hydrogens is 320 g/mol. The first-order valence-electron chi connectivity index (χ1n) is 8.24. The van der Waals surface area contributed by atoms with Crippen LogP contribution in [0.3, 0.4) is 0 Å². The third-order valence-electron chi connectivity index (χ3n) is 3.95. The van der Waals surface area contributed by atoms with E-state index in [1.807, 2.05) is 11.6 Å². The molecule has 24 heavy (non-hydrogen) atoms. The number of aromatic nitrogens is 3. The molecule has 0 spiro atoms. The molecule has 0 aliphatic rings. The van der Waals surface area contributed by atoms with E-state index in [-0.39, 0.29) is 11.9 Å². The number of rotatable bonds is 7. The molecule has 0 aliphatic carbocycles. The van der Waals surface area contributed by atoms with Gasteiger partial charge in [0.1, 0.15) is 6.33 Å². The van der Waals surface area contributed by atoms with Crippen molar-refractivity contribution in [3.05, 3.63) is 41.7 Å². The first-order chi connectivity index (χ1) is 11.4. The van der Waals surface area contributed by atoms with Crippen LogP contribution in [0.5, 0.6) is 0 Å². The maximum atomic E-state index is 12.3. The first-order valence-corrected chi connectivity index (χ1v) is 9.23. The molecule has 0 saturated heterocycles. The van der Waals surface area contributed by atoms with E-state index >= 15 is 0 Å². The summed E-state index contributed by atoms with van der Waals surface area (Å²) in [7, 11) is 1.87. The zero-order valence-electron chi connectivity index (χ0n) is 15.0. The molecular formula is C18H26N4OS. The fraction of sp³-hybridized carbons (Fsp3) is 0.500. The third-order valence-corrected chi connectivity index (χ3v) is 4.98. The molecule has 1 heterocycles. The summed E-state index contributed by atoms with van der Waals surface area (Å²) >= 11 is 1.39. The lowest BCUT2D eigenvalue weighted by molar-refractivity contribution is -0.119. The third kappa shape index (κ3) is 4.84. The van der Waals surface area contributed by atoms with E-state index in [1.54, 1.807) is 6.33 Å². The van der Waals surface area contributed by atoms with Crippen molar-refractivity contribution in [3.8, 4) is 0 Å². The van der Waals surface area contributed by atoms with Crippen molar-refractivity contribution in [3.63, 3.8) is 0 Å². The summed E-state index contributed by atoms with van der Waals surface area (Å²) < 4.78 is 1.81. The Morgan fingerprint density at radius 1 is 1.17 bits per heavy atom. The Labute approximate surface area is 148 Å². The molecule has 1 aromatic carbocycles. The molecule has 0 aliphatic heterocycles. The highest BCUT2D eigenvalue weighted by atomic mass is 32.2. The van der Waals surface area contributed by atoms with Gasteiger partial charge in [-0.05, 0) is 23.0 Å². The van der Waals surface area contributed by atoms with Gasteiger partial charge in [-0.25, -0.2) is 0 Å². The molecule has 1 N–H and O–H groups in total. The van der Waals surface area contributed by atoms with Gasteiger partial charge in [-0.2, -0.15) is 0 Å². The normalized spacial score (nSPS) is 12.6. The molecule has 0 bridgehead atoms. The van der Waals surface area contributed by atoms with Crippen LogP contribution in [-0.4, -0.2) is 26.4 Å². The molecule has 130 valence electrons. The van der Waals surface area contributed by atoms with E-state index in [0.717, 1.165) is 10.7 Å². The summed E-state index contributed by atoms with van der Waals surface area (Å²) in [5.74, 6) is 1.17. The molecule has 2 aromatic rings. The number of carbonyl (C=O) groups is 1. The van der Waals surface area contributed by atoms with Crippen molar-refractivity contribution in [2.24, 2.45) is 13.0 Å². The highest BCUT2D eigenvalue weighted by Crippen LogP contribution is 2.24. The fourth-order valence-electron chi connectivity index (χ4n) is 2.47. The van der Waals surface area contributed by atoms with E-state index in [4.69, 9.17) is 0 Å². The monoisotopic (exact) mass is 346 g/mol. The number of hydrogen-bond donors (Lipinski definition) is 1. The summed E-state index contributed by atoms with van der Waals surface area (Å²) in [6, 6.07) is 8.55. The highest BCUT2D eigenvalue weighted by Gasteiger charge is 2.19. The number of carbonyl (C=O) groups excluding carboxylic acids is 1. The van der Waals surface area contributed by atoms with Crippen molar-refractivity contribution >= 4 is 17.7 Å². The Kier molecular flexibility index (Phi) is 6.43. The smallest absolute Gasteiger partial charge is 0.230 e. The van der Waals surface area contributed by atoms with E-state index in [0.29, 0.717) is 17.6 Å². The van der Waals surface area contributed by atoms with Crippen LogP contribution in [0.25, 0.3) is 0 Å². The van der Waals surface area contributed by atoms with Gasteiger partial charge in [0, 0.05) is 7.05 Å². The number of aryl methyl sites for hydroxylation is 1. The number of amides is 1. The minimum Gasteiger partial charge on any atom is -0.348 e. The molecule has 0 fully saturated rings. The van der Waals surface area contributed by atoms with Gasteiger partial charge in [-0.15, -0.1) is 10.2 Å². The molecule has 5 nitrogen and oxygen atoms in total. The van der Waals surface area contributed by atoms with Crippen LogP contribution in [0.4, 0.5) is 0 Å². The standard InChI is InChI=1S/C18H26N4OS/c1-12(2)14-6-8-15(9-7-14)17(13(3)4)20-16(23)10-24-18-21-19-11-22(18)5/h6-9,11-13,17H,10H2,1-5H3,(H,20,23)/t17-/m0/s1. The largest absolute Gasteiger partial charge is 0.348 e. The summed E-state index contributed by atoms with van der Waals surface area (Å²) in [6.07, 6.45) is 1.63. The van der Waals surface area contributed by atoms with Crippen molar-refractivity contribution in [1.82, 2.24) is 20.1 Å². The summed E-state index contributed by atoms with van der Waals surface area (Å²) in [4.78, 5) is 12.3. The van der Waals surface area contributed by atoms with Crippen molar-refractivity contribution in [1.29, 1.82) is 0 Å². The van der Waals surface area contributed by atoms with Crippen molar-refractivity contribution in [2.45, 2.75) is 44.8 Å². The Morgan fingerprint density at radius 3 is 2.29 bits per heavy atom. The fourth-order valence-corrected chi connectivity index (χ4v) is 3.17. The summed E-state index contributed by atoms with van der Waals surface area (Å²) in [5, 5.41) is 11.7. The van der Waals surface area contributed by atoms with Gasteiger partial charge in [-0.3, -0.25) is 4.79 Å². The van der Waals surface area contributed by atoms with E-state index < -0.39 is 0 Å². The average Bonchev–Trinajstić information content (AvgIpc) is 2.95. The Bertz CT molecular complexity index is 664. The molecule has 1 amide bonds. The Morgan fingerprint density at radius 2 is 1.79 bits per heavy atom. The highest BCUT2D eigenvalue weighted by molar-refractivity contribution is 7.99. The van der Waals surface area contributed by atoms with Gasteiger partial charge >= 0.3 is 0 Å². The predicted octanol–water partition coefficient (Wildman–Crippen LogP) is 3.54. The minimum atomic E-state index is 0.00892. The van der Waals surface area contributed by atoms with Gasteiger partial charge in [0.2, 0.25) is 5.91 Å². The second-order valence-corrected chi connectivity index (χ2v) is 7.57. The minimum absolute atomic E-state index is 0.00892. The van der Waals surface area contributed by atoms with Crippen LogP contribution in [0.1, 0.15) is 50.8 Å². The SMILES string of the molecule is CC(C)c1ccc([C@@H](NC(=O)CSc2nncn2C)C(C)C)cc1. The lowest BCUT2D eigenvalue weighted by Crippen LogP contribution is -2.33. The van der Waals surface area contributed by atoms with Crippen LogP contribution >= 0.6 is 11.8 Å². The lowest BCUT2D eigenvalue weighted by atomic mass is 9.93. The topological polar surface area (TPSA) is 59.8 Å². The van der Waals surface area contributed by atoms with E-state index in [2.05, 4.69) is 67.5 Å².